The lowest BCUT2D eigenvalue weighted by molar-refractivity contribution is -0.139. The van der Waals surface area contributed by atoms with Crippen molar-refractivity contribution in [2.75, 3.05) is 13.6 Å². The Hall–Kier alpha value is -1.79. The quantitative estimate of drug-likeness (QED) is 0.479. The lowest BCUT2D eigenvalue weighted by Crippen LogP contribution is -2.49. The fourth-order valence-corrected chi connectivity index (χ4v) is 1.25. The third-order valence-corrected chi connectivity index (χ3v) is 2.33. The minimum atomic E-state index is -1.04. The van der Waals surface area contributed by atoms with Crippen molar-refractivity contribution in [2.24, 2.45) is 5.92 Å². The van der Waals surface area contributed by atoms with E-state index in [2.05, 4.69) is 16.0 Å². The Kier molecular flexibility index (Phi) is 4.10. The highest BCUT2D eigenvalue weighted by Crippen LogP contribution is 2.32. The van der Waals surface area contributed by atoms with Crippen LogP contribution >= 0.6 is 0 Å². The molecule has 1 fully saturated rings. The van der Waals surface area contributed by atoms with E-state index >= 15 is 0 Å². The van der Waals surface area contributed by atoms with Crippen LogP contribution in [0.2, 0.25) is 0 Å². The molecule has 0 aromatic rings. The second-order valence-electron chi connectivity index (χ2n) is 3.65. The van der Waals surface area contributed by atoms with Crippen LogP contribution in [0.4, 0.5) is 4.79 Å². The largest absolute Gasteiger partial charge is 0.480 e. The van der Waals surface area contributed by atoms with E-state index in [4.69, 9.17) is 5.11 Å². The molecule has 1 saturated carbocycles. The van der Waals surface area contributed by atoms with Gasteiger partial charge in [0, 0.05) is 7.05 Å². The molecule has 0 bridgehead atoms. The van der Waals surface area contributed by atoms with Gasteiger partial charge in [-0.2, -0.15) is 0 Å². The molecule has 1 rings (SSSR count). The van der Waals surface area contributed by atoms with Crippen LogP contribution in [0.25, 0.3) is 0 Å². The highest BCUT2D eigenvalue weighted by atomic mass is 16.4. The zero-order valence-electron chi connectivity index (χ0n) is 8.95. The van der Waals surface area contributed by atoms with Gasteiger partial charge in [0.2, 0.25) is 5.91 Å². The van der Waals surface area contributed by atoms with Crippen molar-refractivity contribution in [1.29, 1.82) is 0 Å². The molecule has 7 heteroatoms. The normalized spacial score (nSPS) is 16.1. The summed E-state index contributed by atoms with van der Waals surface area (Å²) < 4.78 is 0. The van der Waals surface area contributed by atoms with E-state index in [-0.39, 0.29) is 18.4 Å². The summed E-state index contributed by atoms with van der Waals surface area (Å²) in [4.78, 5) is 32.8. The third-order valence-electron chi connectivity index (χ3n) is 2.33. The first-order valence-corrected chi connectivity index (χ1v) is 5.02. The Labute approximate surface area is 92.6 Å². The average Bonchev–Trinajstić information content (AvgIpc) is 3.05. The van der Waals surface area contributed by atoms with Crippen molar-refractivity contribution in [1.82, 2.24) is 16.0 Å². The van der Waals surface area contributed by atoms with Gasteiger partial charge < -0.3 is 21.1 Å². The molecule has 0 aliphatic heterocycles. The zero-order valence-corrected chi connectivity index (χ0v) is 8.95. The number of carbonyl (C=O) groups is 3. The van der Waals surface area contributed by atoms with Gasteiger partial charge in [-0.1, -0.05) is 0 Å². The van der Waals surface area contributed by atoms with Gasteiger partial charge in [-0.05, 0) is 18.8 Å². The molecule has 16 heavy (non-hydrogen) atoms. The molecule has 0 heterocycles. The van der Waals surface area contributed by atoms with Crippen molar-refractivity contribution in [2.45, 2.75) is 18.9 Å². The van der Waals surface area contributed by atoms with Crippen LogP contribution in [0, 0.1) is 5.92 Å². The molecule has 1 unspecified atom stereocenters. The van der Waals surface area contributed by atoms with Crippen LogP contribution in [0.3, 0.4) is 0 Å². The monoisotopic (exact) mass is 229 g/mol. The van der Waals surface area contributed by atoms with E-state index in [0.717, 1.165) is 12.8 Å². The smallest absolute Gasteiger partial charge is 0.326 e. The maximum absolute atomic E-state index is 11.2. The van der Waals surface area contributed by atoms with Crippen LogP contribution in [0.15, 0.2) is 0 Å². The fourth-order valence-electron chi connectivity index (χ4n) is 1.25. The first-order valence-electron chi connectivity index (χ1n) is 5.02. The van der Waals surface area contributed by atoms with Crippen LogP contribution < -0.4 is 16.0 Å². The first kappa shape index (κ1) is 12.3. The molecule has 4 N–H and O–H groups in total. The molecule has 1 aliphatic carbocycles. The number of carbonyl (C=O) groups excluding carboxylic acids is 2. The summed E-state index contributed by atoms with van der Waals surface area (Å²) in [6, 6.07) is -1.49. The number of likely N-dealkylation sites (N-methyl/N-ethyl adjacent to an activating group) is 1. The number of urea groups is 1. The van der Waals surface area contributed by atoms with Crippen molar-refractivity contribution in [3.8, 4) is 0 Å². The summed E-state index contributed by atoms with van der Waals surface area (Å²) in [5.41, 5.74) is 0. The van der Waals surface area contributed by atoms with Gasteiger partial charge in [0.15, 0.2) is 0 Å². The van der Waals surface area contributed by atoms with Gasteiger partial charge in [-0.15, -0.1) is 0 Å². The fraction of sp³-hybridized carbons (Fsp3) is 0.667. The van der Waals surface area contributed by atoms with Gasteiger partial charge in [-0.25, -0.2) is 9.59 Å². The van der Waals surface area contributed by atoms with E-state index in [9.17, 15) is 14.4 Å². The average molecular weight is 229 g/mol. The summed E-state index contributed by atoms with van der Waals surface area (Å²) in [5.74, 6) is -1.37. The summed E-state index contributed by atoms with van der Waals surface area (Å²) >= 11 is 0. The van der Waals surface area contributed by atoms with Crippen molar-refractivity contribution < 1.29 is 19.5 Å². The van der Waals surface area contributed by atoms with E-state index in [1.165, 1.54) is 7.05 Å². The molecule has 0 aromatic carbocycles. The van der Waals surface area contributed by atoms with Crippen molar-refractivity contribution in [3.05, 3.63) is 0 Å². The molecule has 90 valence electrons. The van der Waals surface area contributed by atoms with Crippen LogP contribution in [0.1, 0.15) is 12.8 Å². The number of carboxylic acids is 1. The molecule has 3 amide bonds. The molecular formula is C9H15N3O4. The Bertz CT molecular complexity index is 301. The van der Waals surface area contributed by atoms with Crippen molar-refractivity contribution >= 4 is 17.9 Å². The maximum Gasteiger partial charge on any atom is 0.326 e. The number of aliphatic carboxylic acids is 1. The van der Waals surface area contributed by atoms with E-state index in [1.54, 1.807) is 0 Å². The number of hydrogen-bond donors (Lipinski definition) is 4. The summed E-state index contributed by atoms with van der Waals surface area (Å²) in [6.45, 7) is -0.167. The Balaban J connectivity index is 2.31. The maximum atomic E-state index is 11.2. The topological polar surface area (TPSA) is 108 Å². The Morgan fingerprint density at radius 2 is 2.00 bits per heavy atom. The van der Waals surface area contributed by atoms with E-state index in [0.29, 0.717) is 0 Å². The van der Waals surface area contributed by atoms with E-state index in [1.807, 2.05) is 0 Å². The zero-order chi connectivity index (χ0) is 12.1. The lowest BCUT2D eigenvalue weighted by atomic mass is 10.2. The van der Waals surface area contributed by atoms with E-state index < -0.39 is 18.0 Å². The minimum Gasteiger partial charge on any atom is -0.480 e. The minimum absolute atomic E-state index is 0.0169. The first-order chi connectivity index (χ1) is 7.54. The number of rotatable bonds is 5. The number of hydrogen-bond acceptors (Lipinski definition) is 3. The van der Waals surface area contributed by atoms with Gasteiger partial charge in [0.25, 0.3) is 0 Å². The van der Waals surface area contributed by atoms with Crippen LogP contribution in [-0.4, -0.2) is 42.6 Å². The third kappa shape index (κ3) is 3.76. The Morgan fingerprint density at radius 1 is 1.38 bits per heavy atom. The van der Waals surface area contributed by atoms with Gasteiger partial charge in [-0.3, -0.25) is 4.79 Å². The number of nitrogens with one attached hydrogen (secondary N) is 3. The molecule has 0 spiro atoms. The standard InChI is InChI=1S/C9H15N3O4/c1-10-6(13)4-11-9(16)12-7(8(14)15)5-2-3-5/h5,7H,2-4H2,1H3,(H,10,13)(H,14,15)(H2,11,12,16). The summed E-state index contributed by atoms with van der Waals surface area (Å²) in [6.07, 6.45) is 1.62. The molecule has 1 atom stereocenters. The lowest BCUT2D eigenvalue weighted by Gasteiger charge is -2.13. The number of carboxylic acid groups (broad SMARTS) is 1. The second-order valence-corrected chi connectivity index (χ2v) is 3.65. The second kappa shape index (κ2) is 5.34. The van der Waals surface area contributed by atoms with Gasteiger partial charge in [0.1, 0.15) is 6.04 Å². The molecule has 0 aromatic heterocycles. The molecule has 1 aliphatic rings. The molecule has 7 nitrogen and oxygen atoms in total. The SMILES string of the molecule is CNC(=O)CNC(=O)NC(C(=O)O)C1CC1. The molecule has 0 radical (unpaired) electrons. The summed E-state index contributed by atoms with van der Waals surface area (Å²) in [7, 11) is 1.45. The number of amides is 3. The highest BCUT2D eigenvalue weighted by molar-refractivity contribution is 5.86. The predicted octanol–water partition coefficient (Wildman–Crippen LogP) is -1.11. The predicted molar refractivity (Wildman–Crippen MR) is 54.7 cm³/mol. The van der Waals surface area contributed by atoms with Crippen LogP contribution in [-0.2, 0) is 9.59 Å². The highest BCUT2D eigenvalue weighted by Gasteiger charge is 2.37. The van der Waals surface area contributed by atoms with Crippen LogP contribution in [0.5, 0.6) is 0 Å². The van der Waals surface area contributed by atoms with Gasteiger partial charge in [0.05, 0.1) is 6.54 Å². The molecular weight excluding hydrogens is 214 g/mol. The molecule has 0 saturated heterocycles. The Morgan fingerprint density at radius 3 is 2.44 bits per heavy atom. The summed E-state index contributed by atoms with van der Waals surface area (Å²) in [5, 5.41) is 15.8. The van der Waals surface area contributed by atoms with Crippen molar-refractivity contribution in [3.63, 3.8) is 0 Å². The van der Waals surface area contributed by atoms with Gasteiger partial charge >= 0.3 is 12.0 Å².